The van der Waals surface area contributed by atoms with Crippen LogP contribution in [0.1, 0.15) is 37.9 Å². The minimum absolute atomic E-state index is 0.368. The summed E-state index contributed by atoms with van der Waals surface area (Å²) in [6.07, 6.45) is 4.45. The lowest BCUT2D eigenvalue weighted by atomic mass is 10.0. The number of allylic oxidation sites excluding steroid dienone is 1. The molecule has 0 unspecified atom stereocenters. The number of unbranched alkanes of at least 4 members (excludes halogenated alkanes) is 1. The molecular weight excluding hydrogens is 210 g/mol. The molecule has 0 bridgehead atoms. The minimum atomic E-state index is -0.368. The summed E-state index contributed by atoms with van der Waals surface area (Å²) in [6, 6.07) is 8.08. The average Bonchev–Trinajstić information content (AvgIpc) is 2.38. The van der Waals surface area contributed by atoms with Crippen molar-refractivity contribution >= 4 is 5.69 Å². The van der Waals surface area contributed by atoms with Gasteiger partial charge in [-0.05, 0) is 25.3 Å². The standard InChI is InChI=1S/C15H23NO/c1-4-6-9-12-16(3)14-11-8-7-10-13(14)15(17)5-2/h4,7-8,10-11,15,17H,1,5-6,9,12H2,2-3H3/t15-/m0/s1. The Morgan fingerprint density at radius 3 is 2.76 bits per heavy atom. The molecule has 1 N–H and O–H groups in total. The van der Waals surface area contributed by atoms with E-state index in [1.807, 2.05) is 31.2 Å². The Bertz CT molecular complexity index is 349. The fourth-order valence-electron chi connectivity index (χ4n) is 1.93. The molecule has 0 aliphatic rings. The highest BCUT2D eigenvalue weighted by atomic mass is 16.3. The van der Waals surface area contributed by atoms with Crippen molar-refractivity contribution in [3.8, 4) is 0 Å². The third-order valence-corrected chi connectivity index (χ3v) is 3.00. The quantitative estimate of drug-likeness (QED) is 0.575. The number of benzene rings is 1. The first-order valence-corrected chi connectivity index (χ1v) is 6.29. The highest BCUT2D eigenvalue weighted by Crippen LogP contribution is 2.27. The Kier molecular flexibility index (Phi) is 5.78. The van der Waals surface area contributed by atoms with Crippen LogP contribution in [0.2, 0.25) is 0 Å². The summed E-state index contributed by atoms with van der Waals surface area (Å²) in [4.78, 5) is 2.21. The fraction of sp³-hybridized carbons (Fsp3) is 0.467. The summed E-state index contributed by atoms with van der Waals surface area (Å²) in [6.45, 7) is 6.72. The van der Waals surface area contributed by atoms with Gasteiger partial charge in [-0.2, -0.15) is 0 Å². The van der Waals surface area contributed by atoms with Crippen LogP contribution in [-0.2, 0) is 0 Å². The van der Waals surface area contributed by atoms with Gasteiger partial charge in [0, 0.05) is 24.8 Å². The Balaban J connectivity index is 2.77. The molecule has 0 aliphatic heterocycles. The lowest BCUT2D eigenvalue weighted by molar-refractivity contribution is 0.174. The third-order valence-electron chi connectivity index (χ3n) is 3.00. The van der Waals surface area contributed by atoms with Gasteiger partial charge in [-0.3, -0.25) is 0 Å². The molecule has 1 aromatic carbocycles. The van der Waals surface area contributed by atoms with E-state index < -0.39 is 0 Å². The molecule has 0 saturated heterocycles. The van der Waals surface area contributed by atoms with Crippen LogP contribution in [0.4, 0.5) is 5.69 Å². The lowest BCUT2D eigenvalue weighted by Gasteiger charge is -2.24. The average molecular weight is 233 g/mol. The normalized spacial score (nSPS) is 12.2. The molecule has 0 aromatic heterocycles. The van der Waals surface area contributed by atoms with Gasteiger partial charge in [-0.25, -0.2) is 0 Å². The topological polar surface area (TPSA) is 23.5 Å². The zero-order valence-electron chi connectivity index (χ0n) is 10.9. The van der Waals surface area contributed by atoms with E-state index in [2.05, 4.69) is 24.6 Å². The van der Waals surface area contributed by atoms with Gasteiger partial charge >= 0.3 is 0 Å². The van der Waals surface area contributed by atoms with Crippen molar-refractivity contribution in [1.82, 2.24) is 0 Å². The summed E-state index contributed by atoms with van der Waals surface area (Å²) in [5.74, 6) is 0. The summed E-state index contributed by atoms with van der Waals surface area (Å²) in [5, 5.41) is 9.99. The van der Waals surface area contributed by atoms with E-state index in [0.717, 1.165) is 37.1 Å². The monoisotopic (exact) mass is 233 g/mol. The van der Waals surface area contributed by atoms with Crippen LogP contribution in [0.5, 0.6) is 0 Å². The molecule has 0 aliphatic carbocycles. The van der Waals surface area contributed by atoms with Gasteiger partial charge in [0.1, 0.15) is 0 Å². The van der Waals surface area contributed by atoms with Gasteiger partial charge in [0.25, 0.3) is 0 Å². The second-order valence-electron chi connectivity index (χ2n) is 4.34. The van der Waals surface area contributed by atoms with Gasteiger partial charge in [0.2, 0.25) is 0 Å². The van der Waals surface area contributed by atoms with Crippen molar-refractivity contribution in [2.75, 3.05) is 18.5 Å². The number of hydrogen-bond acceptors (Lipinski definition) is 2. The molecule has 0 saturated carbocycles. The summed E-state index contributed by atoms with van der Waals surface area (Å²) in [5.41, 5.74) is 2.15. The number of anilines is 1. The van der Waals surface area contributed by atoms with Crippen molar-refractivity contribution in [3.63, 3.8) is 0 Å². The molecule has 1 aromatic rings. The maximum absolute atomic E-state index is 9.99. The Hall–Kier alpha value is -1.28. The molecule has 0 spiro atoms. The number of hydrogen-bond donors (Lipinski definition) is 1. The summed E-state index contributed by atoms with van der Waals surface area (Å²) < 4.78 is 0. The largest absolute Gasteiger partial charge is 0.388 e. The van der Waals surface area contributed by atoms with E-state index in [0.29, 0.717) is 0 Å². The van der Waals surface area contributed by atoms with Crippen LogP contribution in [-0.4, -0.2) is 18.7 Å². The Morgan fingerprint density at radius 1 is 1.41 bits per heavy atom. The molecular formula is C15H23NO. The molecule has 0 heterocycles. The second kappa shape index (κ2) is 7.13. The van der Waals surface area contributed by atoms with Crippen molar-refractivity contribution in [2.45, 2.75) is 32.3 Å². The van der Waals surface area contributed by atoms with Crippen LogP contribution in [0, 0.1) is 0 Å². The molecule has 1 atom stereocenters. The Labute approximate surface area is 105 Å². The zero-order valence-corrected chi connectivity index (χ0v) is 10.9. The fourth-order valence-corrected chi connectivity index (χ4v) is 1.93. The first kappa shape index (κ1) is 13.8. The Morgan fingerprint density at radius 2 is 2.12 bits per heavy atom. The van der Waals surface area contributed by atoms with Crippen LogP contribution in [0.3, 0.4) is 0 Å². The number of para-hydroxylation sites is 1. The van der Waals surface area contributed by atoms with Gasteiger partial charge in [0.05, 0.1) is 6.10 Å². The van der Waals surface area contributed by atoms with Crippen molar-refractivity contribution in [2.24, 2.45) is 0 Å². The van der Waals surface area contributed by atoms with Gasteiger partial charge in [0.15, 0.2) is 0 Å². The first-order chi connectivity index (χ1) is 8.20. The molecule has 2 nitrogen and oxygen atoms in total. The smallest absolute Gasteiger partial charge is 0.0807 e. The maximum Gasteiger partial charge on any atom is 0.0807 e. The minimum Gasteiger partial charge on any atom is -0.388 e. The molecule has 2 heteroatoms. The van der Waals surface area contributed by atoms with Crippen LogP contribution in [0.15, 0.2) is 36.9 Å². The van der Waals surface area contributed by atoms with E-state index in [9.17, 15) is 5.11 Å². The molecule has 17 heavy (non-hydrogen) atoms. The van der Waals surface area contributed by atoms with Crippen molar-refractivity contribution in [3.05, 3.63) is 42.5 Å². The number of aliphatic hydroxyl groups is 1. The predicted octanol–water partition coefficient (Wildman–Crippen LogP) is 3.53. The molecule has 94 valence electrons. The summed E-state index contributed by atoms with van der Waals surface area (Å²) in [7, 11) is 2.07. The number of nitrogens with zero attached hydrogens (tertiary/aromatic N) is 1. The van der Waals surface area contributed by atoms with Crippen molar-refractivity contribution < 1.29 is 5.11 Å². The summed E-state index contributed by atoms with van der Waals surface area (Å²) >= 11 is 0. The van der Waals surface area contributed by atoms with Crippen LogP contribution in [0.25, 0.3) is 0 Å². The van der Waals surface area contributed by atoms with E-state index >= 15 is 0 Å². The van der Waals surface area contributed by atoms with Gasteiger partial charge in [-0.1, -0.05) is 31.2 Å². The molecule has 1 rings (SSSR count). The van der Waals surface area contributed by atoms with E-state index in [-0.39, 0.29) is 6.10 Å². The predicted molar refractivity (Wildman–Crippen MR) is 74.4 cm³/mol. The first-order valence-electron chi connectivity index (χ1n) is 6.29. The van der Waals surface area contributed by atoms with Crippen LogP contribution < -0.4 is 4.90 Å². The molecule has 0 fully saturated rings. The van der Waals surface area contributed by atoms with Crippen LogP contribution >= 0.6 is 0 Å². The highest BCUT2D eigenvalue weighted by Gasteiger charge is 2.12. The van der Waals surface area contributed by atoms with E-state index in [4.69, 9.17) is 0 Å². The maximum atomic E-state index is 9.99. The molecule has 0 amide bonds. The number of rotatable bonds is 7. The van der Waals surface area contributed by atoms with Crippen molar-refractivity contribution in [1.29, 1.82) is 0 Å². The van der Waals surface area contributed by atoms with Gasteiger partial charge in [-0.15, -0.1) is 6.58 Å². The van der Waals surface area contributed by atoms with Gasteiger partial charge < -0.3 is 10.0 Å². The third kappa shape index (κ3) is 3.90. The SMILES string of the molecule is C=CCCCN(C)c1ccccc1[C@@H](O)CC. The molecule has 0 radical (unpaired) electrons. The number of aliphatic hydroxyl groups excluding tert-OH is 1. The van der Waals surface area contributed by atoms with E-state index in [1.54, 1.807) is 0 Å². The highest BCUT2D eigenvalue weighted by molar-refractivity contribution is 5.54. The lowest BCUT2D eigenvalue weighted by Crippen LogP contribution is -2.20. The second-order valence-corrected chi connectivity index (χ2v) is 4.34. The zero-order chi connectivity index (χ0) is 12.7. The van der Waals surface area contributed by atoms with E-state index in [1.165, 1.54) is 0 Å².